The van der Waals surface area contributed by atoms with Crippen LogP contribution < -0.4 is 14.8 Å². The zero-order valence-electron chi connectivity index (χ0n) is 17.2. The average molecular weight is 417 g/mol. The number of rotatable bonds is 3. The minimum Gasteiger partial charge on any atom is -0.486 e. The average Bonchev–Trinajstić information content (AvgIpc) is 3.23. The second-order valence-corrected chi connectivity index (χ2v) is 8.02. The monoisotopic (exact) mass is 417 g/mol. The SMILES string of the molecule is CN1CCC(NC(=O)c2ccc3c(c2)OCCO3)CC1c1nc2ccc(C#N)cc2[nH]1. The van der Waals surface area contributed by atoms with Crippen molar-refractivity contribution in [3.63, 3.8) is 0 Å². The molecular formula is C23H23N5O3. The number of likely N-dealkylation sites (tertiary alicyclic amines) is 1. The zero-order valence-corrected chi connectivity index (χ0v) is 17.2. The number of imidazole rings is 1. The Morgan fingerprint density at radius 3 is 2.90 bits per heavy atom. The van der Waals surface area contributed by atoms with E-state index in [9.17, 15) is 4.79 Å². The number of carbonyl (C=O) groups excluding carboxylic acids is 1. The summed E-state index contributed by atoms with van der Waals surface area (Å²) in [5.41, 5.74) is 2.85. The standard InChI is InChI=1S/C23H23N5O3/c1-28-7-6-16(25-23(29)15-3-5-20-21(11-15)31-9-8-30-20)12-19(28)22-26-17-4-2-14(13-24)10-18(17)27-22/h2-5,10-11,16,19H,6-9,12H2,1H3,(H,25,29)(H,26,27). The summed E-state index contributed by atoms with van der Waals surface area (Å²) in [7, 11) is 2.07. The lowest BCUT2D eigenvalue weighted by Crippen LogP contribution is -2.45. The molecule has 1 aromatic heterocycles. The van der Waals surface area contributed by atoms with E-state index in [1.807, 2.05) is 12.1 Å². The highest BCUT2D eigenvalue weighted by atomic mass is 16.6. The summed E-state index contributed by atoms with van der Waals surface area (Å²) in [6.45, 7) is 1.86. The van der Waals surface area contributed by atoms with Crippen LogP contribution in [0.1, 0.15) is 40.6 Å². The highest BCUT2D eigenvalue weighted by Crippen LogP contribution is 2.32. The maximum absolute atomic E-state index is 12.9. The number of hydrogen-bond acceptors (Lipinski definition) is 6. The van der Waals surface area contributed by atoms with Gasteiger partial charge in [0, 0.05) is 18.2 Å². The molecule has 8 heteroatoms. The molecule has 2 atom stereocenters. The van der Waals surface area contributed by atoms with Crippen LogP contribution in [0.25, 0.3) is 11.0 Å². The van der Waals surface area contributed by atoms with Crippen molar-refractivity contribution in [2.24, 2.45) is 0 Å². The number of fused-ring (bicyclic) bond motifs is 2. The van der Waals surface area contributed by atoms with E-state index < -0.39 is 0 Å². The van der Waals surface area contributed by atoms with E-state index in [1.54, 1.807) is 24.3 Å². The molecule has 1 amide bonds. The van der Waals surface area contributed by atoms with E-state index in [1.165, 1.54) is 0 Å². The lowest BCUT2D eigenvalue weighted by atomic mass is 9.96. The van der Waals surface area contributed by atoms with Gasteiger partial charge in [-0.05, 0) is 56.3 Å². The molecule has 2 unspecified atom stereocenters. The fourth-order valence-corrected chi connectivity index (χ4v) is 4.24. The number of nitrogens with one attached hydrogen (secondary N) is 2. The third kappa shape index (κ3) is 3.80. The summed E-state index contributed by atoms with van der Waals surface area (Å²) in [5.74, 6) is 2.02. The van der Waals surface area contributed by atoms with Gasteiger partial charge in [0.15, 0.2) is 11.5 Å². The molecule has 0 radical (unpaired) electrons. The van der Waals surface area contributed by atoms with Gasteiger partial charge in [0.05, 0.1) is 28.7 Å². The summed E-state index contributed by atoms with van der Waals surface area (Å²) < 4.78 is 11.1. The molecule has 3 heterocycles. The number of aromatic nitrogens is 2. The molecule has 2 N–H and O–H groups in total. The lowest BCUT2D eigenvalue weighted by molar-refractivity contribution is 0.0883. The fourth-order valence-electron chi connectivity index (χ4n) is 4.24. The van der Waals surface area contributed by atoms with E-state index in [2.05, 4.69) is 28.3 Å². The van der Waals surface area contributed by atoms with Gasteiger partial charge in [-0.2, -0.15) is 5.26 Å². The van der Waals surface area contributed by atoms with Gasteiger partial charge in [0.2, 0.25) is 0 Å². The minimum absolute atomic E-state index is 0.0322. The van der Waals surface area contributed by atoms with Crippen molar-refractivity contribution in [2.45, 2.75) is 24.9 Å². The number of piperidine rings is 1. The molecule has 2 aliphatic heterocycles. The van der Waals surface area contributed by atoms with Gasteiger partial charge < -0.3 is 19.8 Å². The maximum Gasteiger partial charge on any atom is 0.251 e. The molecule has 0 saturated carbocycles. The number of ether oxygens (including phenoxy) is 2. The Kier molecular flexibility index (Phi) is 4.96. The van der Waals surface area contributed by atoms with Gasteiger partial charge in [0.25, 0.3) is 5.91 Å². The molecule has 0 aliphatic carbocycles. The Morgan fingerprint density at radius 1 is 1.23 bits per heavy atom. The largest absolute Gasteiger partial charge is 0.486 e. The molecular weight excluding hydrogens is 394 g/mol. The molecule has 2 aromatic carbocycles. The molecule has 31 heavy (non-hydrogen) atoms. The van der Waals surface area contributed by atoms with Crippen LogP contribution in [0.15, 0.2) is 36.4 Å². The minimum atomic E-state index is -0.117. The number of hydrogen-bond donors (Lipinski definition) is 2. The van der Waals surface area contributed by atoms with Crippen molar-refractivity contribution in [1.29, 1.82) is 5.26 Å². The molecule has 1 fully saturated rings. The van der Waals surface area contributed by atoms with Crippen molar-refractivity contribution < 1.29 is 14.3 Å². The Morgan fingerprint density at radius 2 is 2.06 bits per heavy atom. The van der Waals surface area contributed by atoms with Crippen LogP contribution >= 0.6 is 0 Å². The number of nitrogens with zero attached hydrogens (tertiary/aromatic N) is 3. The van der Waals surface area contributed by atoms with Crippen molar-refractivity contribution >= 4 is 16.9 Å². The normalized spacial score (nSPS) is 20.9. The predicted octanol–water partition coefficient (Wildman–Crippen LogP) is 2.77. The summed E-state index contributed by atoms with van der Waals surface area (Å²) in [5, 5.41) is 12.3. The zero-order chi connectivity index (χ0) is 21.4. The van der Waals surface area contributed by atoms with E-state index in [0.717, 1.165) is 36.2 Å². The summed E-state index contributed by atoms with van der Waals surface area (Å²) in [4.78, 5) is 23.2. The Balaban J connectivity index is 1.31. The van der Waals surface area contributed by atoms with Crippen LogP contribution in [0.4, 0.5) is 0 Å². The highest BCUT2D eigenvalue weighted by molar-refractivity contribution is 5.95. The summed E-state index contributed by atoms with van der Waals surface area (Å²) in [6, 6.07) is 13.0. The van der Waals surface area contributed by atoms with Gasteiger partial charge in [0.1, 0.15) is 19.0 Å². The Bertz CT molecular complexity index is 1180. The third-order valence-electron chi connectivity index (χ3n) is 5.95. The van der Waals surface area contributed by atoms with Crippen LogP contribution in [-0.4, -0.2) is 53.6 Å². The molecule has 5 rings (SSSR count). The van der Waals surface area contributed by atoms with Crippen molar-refractivity contribution in [3.8, 4) is 17.6 Å². The summed E-state index contributed by atoms with van der Waals surface area (Å²) >= 11 is 0. The van der Waals surface area contributed by atoms with Crippen molar-refractivity contribution in [2.75, 3.05) is 26.8 Å². The predicted molar refractivity (Wildman–Crippen MR) is 114 cm³/mol. The molecule has 2 aliphatic rings. The number of amides is 1. The number of H-pyrrole nitrogens is 1. The van der Waals surface area contributed by atoms with Crippen molar-refractivity contribution in [3.05, 3.63) is 53.3 Å². The quantitative estimate of drug-likeness (QED) is 0.679. The topological polar surface area (TPSA) is 103 Å². The van der Waals surface area contributed by atoms with E-state index >= 15 is 0 Å². The number of benzene rings is 2. The Hall–Kier alpha value is -3.57. The molecule has 158 valence electrons. The lowest BCUT2D eigenvalue weighted by Gasteiger charge is -2.36. The molecule has 0 spiro atoms. The maximum atomic E-state index is 12.9. The van der Waals surface area contributed by atoms with E-state index in [0.29, 0.717) is 35.8 Å². The van der Waals surface area contributed by atoms with Crippen LogP contribution in [-0.2, 0) is 0 Å². The molecule has 3 aromatic rings. The second kappa shape index (κ2) is 7.93. The van der Waals surface area contributed by atoms with Crippen LogP contribution in [0, 0.1) is 11.3 Å². The van der Waals surface area contributed by atoms with E-state index in [4.69, 9.17) is 19.7 Å². The molecule has 8 nitrogen and oxygen atoms in total. The molecule has 0 bridgehead atoms. The van der Waals surface area contributed by atoms with E-state index in [-0.39, 0.29) is 18.0 Å². The first-order chi connectivity index (χ1) is 15.1. The van der Waals surface area contributed by atoms with Gasteiger partial charge in [-0.1, -0.05) is 0 Å². The van der Waals surface area contributed by atoms with Gasteiger partial charge in [-0.15, -0.1) is 0 Å². The van der Waals surface area contributed by atoms with Gasteiger partial charge in [-0.25, -0.2) is 4.98 Å². The highest BCUT2D eigenvalue weighted by Gasteiger charge is 2.30. The summed E-state index contributed by atoms with van der Waals surface area (Å²) in [6.07, 6.45) is 1.61. The molecule has 1 saturated heterocycles. The number of nitriles is 1. The third-order valence-corrected chi connectivity index (χ3v) is 5.95. The Labute approximate surface area is 179 Å². The van der Waals surface area contributed by atoms with Crippen LogP contribution in [0.5, 0.6) is 11.5 Å². The van der Waals surface area contributed by atoms with Crippen LogP contribution in [0.2, 0.25) is 0 Å². The number of carbonyl (C=O) groups is 1. The first kappa shape index (κ1) is 19.4. The van der Waals surface area contributed by atoms with Gasteiger partial charge in [-0.3, -0.25) is 9.69 Å². The smallest absolute Gasteiger partial charge is 0.251 e. The second-order valence-electron chi connectivity index (χ2n) is 8.02. The first-order valence-electron chi connectivity index (χ1n) is 10.4. The van der Waals surface area contributed by atoms with Crippen LogP contribution in [0.3, 0.4) is 0 Å². The first-order valence-corrected chi connectivity index (χ1v) is 10.4. The number of aromatic amines is 1. The van der Waals surface area contributed by atoms with Gasteiger partial charge >= 0.3 is 0 Å². The fraction of sp³-hybridized carbons (Fsp3) is 0.348. The van der Waals surface area contributed by atoms with Crippen molar-refractivity contribution in [1.82, 2.24) is 20.2 Å².